The monoisotopic (exact) mass is 559 g/mol. The normalized spacial score (nSPS) is 15.3. The van der Waals surface area contributed by atoms with Gasteiger partial charge in [0.05, 0.1) is 6.04 Å². The Bertz CT molecular complexity index is 1010. The quantitative estimate of drug-likeness (QED) is 0.187. The highest BCUT2D eigenvalue weighted by molar-refractivity contribution is 5.94. The van der Waals surface area contributed by atoms with Crippen LogP contribution in [0.5, 0.6) is 0 Å². The van der Waals surface area contributed by atoms with Crippen LogP contribution in [0.3, 0.4) is 0 Å². The van der Waals surface area contributed by atoms with Crippen molar-refractivity contribution < 1.29 is 42.3 Å². The maximum absolute atomic E-state index is 13.1. The highest BCUT2D eigenvalue weighted by atomic mass is 19.4. The first-order valence-electron chi connectivity index (χ1n) is 12.3. The van der Waals surface area contributed by atoms with E-state index in [1.54, 1.807) is 44.2 Å². The van der Waals surface area contributed by atoms with Crippen molar-refractivity contribution in [1.29, 1.82) is 0 Å². The zero-order valence-electron chi connectivity index (χ0n) is 22.2. The van der Waals surface area contributed by atoms with Crippen molar-refractivity contribution in [1.82, 2.24) is 21.3 Å². The Balaban J connectivity index is 3.06. The van der Waals surface area contributed by atoms with Crippen molar-refractivity contribution in [2.45, 2.75) is 83.4 Å². The molecule has 11 nitrogen and oxygen atoms in total. The summed E-state index contributed by atoms with van der Waals surface area (Å²) >= 11 is 0. The predicted octanol–water partition coefficient (Wildman–Crippen LogP) is 0.0528. The lowest BCUT2D eigenvalue weighted by atomic mass is 10.0. The van der Waals surface area contributed by atoms with E-state index in [-0.39, 0.29) is 12.3 Å². The highest BCUT2D eigenvalue weighted by Crippen LogP contribution is 2.24. The average molecular weight is 560 g/mol. The van der Waals surface area contributed by atoms with E-state index in [0.29, 0.717) is 5.56 Å². The van der Waals surface area contributed by atoms with Gasteiger partial charge in [-0.15, -0.1) is 0 Å². The third kappa shape index (κ3) is 11.7. The molecule has 39 heavy (non-hydrogen) atoms. The number of rotatable bonds is 14. The molecule has 2 unspecified atom stereocenters. The lowest BCUT2D eigenvalue weighted by molar-refractivity contribution is -0.212. The largest absolute Gasteiger partial charge is 0.416 e. The molecule has 218 valence electrons. The van der Waals surface area contributed by atoms with Crippen molar-refractivity contribution in [3.05, 3.63) is 35.9 Å². The molecule has 1 aromatic carbocycles. The van der Waals surface area contributed by atoms with Crippen molar-refractivity contribution in [2.24, 2.45) is 11.7 Å². The van der Waals surface area contributed by atoms with E-state index in [1.807, 2.05) is 5.32 Å². The fourth-order valence-electron chi connectivity index (χ4n) is 3.60. The lowest BCUT2D eigenvalue weighted by Gasteiger charge is -2.28. The van der Waals surface area contributed by atoms with Crippen LogP contribution in [-0.4, -0.2) is 71.1 Å². The van der Waals surface area contributed by atoms with Crippen LogP contribution in [0.15, 0.2) is 30.3 Å². The molecule has 1 aromatic rings. The van der Waals surface area contributed by atoms with Gasteiger partial charge in [-0.3, -0.25) is 24.0 Å². The van der Waals surface area contributed by atoms with E-state index in [1.165, 1.54) is 13.8 Å². The number of alkyl halides is 3. The number of nitrogens with one attached hydrogen (secondary N) is 4. The van der Waals surface area contributed by atoms with Gasteiger partial charge in [0.1, 0.15) is 18.1 Å². The van der Waals surface area contributed by atoms with E-state index < -0.39 is 78.8 Å². The van der Waals surface area contributed by atoms with Crippen molar-refractivity contribution in [3.63, 3.8) is 0 Å². The minimum atomic E-state index is -5.09. The van der Waals surface area contributed by atoms with Gasteiger partial charge in [-0.2, -0.15) is 13.2 Å². The van der Waals surface area contributed by atoms with E-state index in [4.69, 9.17) is 5.73 Å². The first-order chi connectivity index (χ1) is 18.0. The van der Waals surface area contributed by atoms with Gasteiger partial charge in [0.2, 0.25) is 29.5 Å². The highest BCUT2D eigenvalue weighted by Gasteiger charge is 2.44. The Morgan fingerprint density at radius 1 is 0.897 bits per heavy atom. The molecule has 1 rings (SSSR count). The summed E-state index contributed by atoms with van der Waals surface area (Å²) in [5.74, 6) is -4.23. The van der Waals surface area contributed by atoms with E-state index in [9.17, 15) is 42.3 Å². The van der Waals surface area contributed by atoms with Crippen molar-refractivity contribution in [2.75, 3.05) is 0 Å². The molecule has 0 aliphatic carbocycles. The molecule has 0 aliphatic heterocycles. The Labute approximate surface area is 224 Å². The molecule has 0 fully saturated rings. The third-order valence-corrected chi connectivity index (χ3v) is 5.72. The molecule has 0 spiro atoms. The van der Waals surface area contributed by atoms with Crippen LogP contribution in [0.2, 0.25) is 0 Å². The van der Waals surface area contributed by atoms with E-state index in [0.717, 1.165) is 0 Å². The van der Waals surface area contributed by atoms with Gasteiger partial charge >= 0.3 is 6.18 Å². The van der Waals surface area contributed by atoms with Gasteiger partial charge in [0.15, 0.2) is 6.10 Å². The number of carbonyl (C=O) groups excluding carboxylic acids is 5. The maximum Gasteiger partial charge on any atom is 0.416 e. The van der Waals surface area contributed by atoms with Crippen LogP contribution in [0.4, 0.5) is 13.2 Å². The van der Waals surface area contributed by atoms with Crippen molar-refractivity contribution >= 4 is 29.5 Å². The van der Waals surface area contributed by atoms with Crippen LogP contribution < -0.4 is 27.0 Å². The van der Waals surface area contributed by atoms with Crippen LogP contribution in [-0.2, 0) is 30.4 Å². The summed E-state index contributed by atoms with van der Waals surface area (Å²) in [7, 11) is 0. The standard InChI is InChI=1S/C25H36F3N5O6/c1-13(2)20(31-15(4)34)24(39)33-18(12-16-8-6-5-7-9-16)23(38)30-14(3)22(37)32-17(10-11-19(29)35)21(36)25(26,27)28/h5-9,13-14,17-18,20-21,36H,10-12H2,1-4H3,(H2,29,35)(H,30,38)(H,31,34)(H,32,37)(H,33,39)/t14-,17?,18-,20-,21?/m0/s1. The summed E-state index contributed by atoms with van der Waals surface area (Å²) in [6.45, 7) is 5.84. The number of benzene rings is 1. The number of amides is 5. The summed E-state index contributed by atoms with van der Waals surface area (Å²) < 4.78 is 39.2. The Kier molecular flexibility index (Phi) is 12.9. The predicted molar refractivity (Wildman–Crippen MR) is 135 cm³/mol. The number of hydrogen-bond acceptors (Lipinski definition) is 6. The van der Waals surface area contributed by atoms with Crippen molar-refractivity contribution in [3.8, 4) is 0 Å². The third-order valence-electron chi connectivity index (χ3n) is 5.72. The van der Waals surface area contributed by atoms with Gasteiger partial charge in [-0.1, -0.05) is 44.2 Å². The molecule has 0 saturated heterocycles. The summed E-state index contributed by atoms with van der Waals surface area (Å²) in [5, 5.41) is 19.1. The minimum Gasteiger partial charge on any atom is -0.382 e. The first-order valence-corrected chi connectivity index (χ1v) is 12.3. The molecule has 7 N–H and O–H groups in total. The number of halogens is 3. The number of nitrogens with two attached hydrogens (primary N) is 1. The van der Waals surface area contributed by atoms with Gasteiger partial charge in [-0.25, -0.2) is 0 Å². The van der Waals surface area contributed by atoms with Gasteiger partial charge in [-0.05, 0) is 24.8 Å². The molecular weight excluding hydrogens is 523 g/mol. The van der Waals surface area contributed by atoms with Gasteiger partial charge < -0.3 is 32.1 Å². The van der Waals surface area contributed by atoms with Crippen LogP contribution in [0.25, 0.3) is 0 Å². The first kappa shape index (κ1) is 33.3. The zero-order valence-corrected chi connectivity index (χ0v) is 22.2. The average Bonchev–Trinajstić information content (AvgIpc) is 2.83. The second kappa shape index (κ2) is 15.0. The Morgan fingerprint density at radius 3 is 1.97 bits per heavy atom. The Morgan fingerprint density at radius 2 is 1.49 bits per heavy atom. The van der Waals surface area contributed by atoms with Gasteiger partial charge in [0, 0.05) is 19.8 Å². The molecular formula is C25H36F3N5O6. The molecule has 0 saturated carbocycles. The summed E-state index contributed by atoms with van der Waals surface area (Å²) in [6, 6.07) is 3.15. The number of aliphatic hydroxyl groups is 1. The molecule has 0 radical (unpaired) electrons. The zero-order chi connectivity index (χ0) is 29.9. The molecule has 0 aliphatic rings. The van der Waals surface area contributed by atoms with E-state index in [2.05, 4.69) is 16.0 Å². The SMILES string of the molecule is CC(=O)N[C@H](C(=O)N[C@@H](Cc1ccccc1)C(=O)N[C@@H](C)C(=O)NC(CCC(N)=O)C(O)C(F)(F)F)C(C)C. The topological polar surface area (TPSA) is 180 Å². The van der Waals surface area contributed by atoms with Crippen LogP contribution in [0, 0.1) is 5.92 Å². The Hall–Kier alpha value is -3.68. The number of carbonyl (C=O) groups is 5. The molecule has 0 heterocycles. The summed E-state index contributed by atoms with van der Waals surface area (Å²) in [5.41, 5.74) is 5.64. The maximum atomic E-state index is 13.1. The number of primary amides is 1. The smallest absolute Gasteiger partial charge is 0.382 e. The summed E-state index contributed by atoms with van der Waals surface area (Å²) in [4.78, 5) is 61.3. The fourth-order valence-corrected chi connectivity index (χ4v) is 3.60. The number of hydrogen-bond donors (Lipinski definition) is 6. The summed E-state index contributed by atoms with van der Waals surface area (Å²) in [6.07, 6.45) is -9.18. The van der Waals surface area contributed by atoms with E-state index >= 15 is 0 Å². The fraction of sp³-hybridized carbons (Fsp3) is 0.560. The van der Waals surface area contributed by atoms with Crippen LogP contribution in [0.1, 0.15) is 46.1 Å². The second-order valence-electron chi connectivity index (χ2n) is 9.51. The van der Waals surface area contributed by atoms with Gasteiger partial charge in [0.25, 0.3) is 0 Å². The molecule has 5 amide bonds. The molecule has 5 atom stereocenters. The molecule has 0 bridgehead atoms. The van der Waals surface area contributed by atoms with Crippen LogP contribution >= 0.6 is 0 Å². The molecule has 0 aromatic heterocycles. The molecule has 14 heteroatoms. The second-order valence-corrected chi connectivity index (χ2v) is 9.51. The number of aliphatic hydroxyl groups excluding tert-OH is 1. The minimum absolute atomic E-state index is 0.00562. The lowest BCUT2D eigenvalue weighted by Crippen LogP contribution is -2.59.